The molecule has 1 rings (SSSR count). The van der Waals surface area contributed by atoms with Crippen LogP contribution < -0.4 is 0 Å². The number of aromatic nitrogens is 2. The molecule has 0 fully saturated rings. The highest BCUT2D eigenvalue weighted by atomic mass is 35.5. The Hall–Kier alpha value is -1.48. The van der Waals surface area contributed by atoms with Crippen LogP contribution in [0.2, 0.25) is 5.02 Å². The minimum Gasteiger partial charge on any atom is -0.507 e. The number of nitrogens with zero attached hydrogens (tertiary/aromatic N) is 2. The van der Waals surface area contributed by atoms with Gasteiger partial charge >= 0.3 is 0 Å². The number of aliphatic hydroxyl groups is 1. The Morgan fingerprint density at radius 2 is 2.35 bits per heavy atom. The van der Waals surface area contributed by atoms with Gasteiger partial charge in [0.25, 0.3) is 0 Å². The van der Waals surface area contributed by atoms with E-state index in [9.17, 15) is 5.11 Å². The molecule has 1 N–H and O–H groups in total. The average molecular weight is 253 g/mol. The summed E-state index contributed by atoms with van der Waals surface area (Å²) in [6.07, 6.45) is 8.80. The van der Waals surface area contributed by atoms with Gasteiger partial charge in [0.05, 0.1) is 16.9 Å². The molecular formula is C13H17ClN2O. The second-order valence-electron chi connectivity index (χ2n) is 3.66. The van der Waals surface area contributed by atoms with Crippen molar-refractivity contribution in [3.05, 3.63) is 47.5 Å². The van der Waals surface area contributed by atoms with Crippen molar-refractivity contribution >= 4 is 17.2 Å². The lowest BCUT2D eigenvalue weighted by Gasteiger charge is -2.06. The Labute approximate surface area is 107 Å². The second kappa shape index (κ2) is 6.30. The summed E-state index contributed by atoms with van der Waals surface area (Å²) in [5.41, 5.74) is 1.33. The minimum atomic E-state index is 0.0999. The van der Waals surface area contributed by atoms with Gasteiger partial charge in [0.2, 0.25) is 0 Å². The monoisotopic (exact) mass is 252 g/mol. The number of aliphatic hydroxyl groups excluding tert-OH is 1. The Morgan fingerprint density at radius 3 is 2.82 bits per heavy atom. The van der Waals surface area contributed by atoms with Crippen molar-refractivity contribution in [1.29, 1.82) is 0 Å². The van der Waals surface area contributed by atoms with Crippen molar-refractivity contribution in [2.75, 3.05) is 0 Å². The van der Waals surface area contributed by atoms with E-state index in [0.29, 0.717) is 16.3 Å². The van der Waals surface area contributed by atoms with E-state index in [1.54, 1.807) is 17.9 Å². The van der Waals surface area contributed by atoms with E-state index in [0.717, 1.165) is 12.8 Å². The van der Waals surface area contributed by atoms with E-state index in [2.05, 4.69) is 18.6 Å². The predicted octanol–water partition coefficient (Wildman–Crippen LogP) is 3.88. The van der Waals surface area contributed by atoms with Gasteiger partial charge < -0.3 is 5.11 Å². The molecule has 0 saturated carbocycles. The summed E-state index contributed by atoms with van der Waals surface area (Å²) in [6.45, 7) is 5.66. The van der Waals surface area contributed by atoms with Gasteiger partial charge in [-0.2, -0.15) is 5.10 Å². The van der Waals surface area contributed by atoms with Crippen LogP contribution in [0.1, 0.15) is 25.5 Å². The van der Waals surface area contributed by atoms with Gasteiger partial charge in [-0.3, -0.25) is 4.68 Å². The Bertz CT molecular complexity index is 438. The van der Waals surface area contributed by atoms with Crippen LogP contribution >= 0.6 is 11.6 Å². The fourth-order valence-corrected chi connectivity index (χ4v) is 1.74. The van der Waals surface area contributed by atoms with Crippen molar-refractivity contribution in [1.82, 2.24) is 9.78 Å². The molecule has 1 heterocycles. The maximum absolute atomic E-state index is 9.85. The smallest absolute Gasteiger partial charge is 0.124 e. The Balaban J connectivity index is 3.22. The van der Waals surface area contributed by atoms with Gasteiger partial charge in [-0.05, 0) is 12.5 Å². The van der Waals surface area contributed by atoms with E-state index in [1.807, 2.05) is 12.2 Å². The number of unbranched alkanes of at least 4 members (excludes halogenated alkanes) is 1. The first-order valence-corrected chi connectivity index (χ1v) is 5.89. The maximum Gasteiger partial charge on any atom is 0.124 e. The van der Waals surface area contributed by atoms with E-state index < -0.39 is 0 Å². The van der Waals surface area contributed by atoms with E-state index in [4.69, 9.17) is 11.6 Å². The normalized spacial score (nSPS) is 12.9. The van der Waals surface area contributed by atoms with Crippen molar-refractivity contribution in [3.8, 4) is 0 Å². The molecule has 17 heavy (non-hydrogen) atoms. The van der Waals surface area contributed by atoms with Crippen LogP contribution in [0, 0.1) is 0 Å². The molecule has 0 radical (unpaired) electrons. The number of aryl methyl sites for hydroxylation is 1. The van der Waals surface area contributed by atoms with E-state index >= 15 is 0 Å². The minimum absolute atomic E-state index is 0.0999. The molecule has 0 aliphatic carbocycles. The van der Waals surface area contributed by atoms with Crippen LogP contribution in [0.4, 0.5) is 0 Å². The number of halogens is 1. The SMILES string of the molecule is C=C/C(O)=C(\C=C\CCC)c1c(Cl)cnn1C. The molecule has 0 unspecified atom stereocenters. The number of hydrogen-bond acceptors (Lipinski definition) is 2. The molecule has 3 nitrogen and oxygen atoms in total. The molecule has 0 aliphatic heterocycles. The molecule has 1 aromatic rings. The lowest BCUT2D eigenvalue weighted by Crippen LogP contribution is -1.98. The highest BCUT2D eigenvalue weighted by Gasteiger charge is 2.12. The van der Waals surface area contributed by atoms with Crippen LogP contribution in [0.5, 0.6) is 0 Å². The first-order chi connectivity index (χ1) is 8.11. The molecule has 0 atom stereocenters. The lowest BCUT2D eigenvalue weighted by molar-refractivity contribution is 0.435. The van der Waals surface area contributed by atoms with Crippen LogP contribution in [-0.2, 0) is 7.05 Å². The van der Waals surface area contributed by atoms with Crippen molar-refractivity contribution in [3.63, 3.8) is 0 Å². The third-order valence-electron chi connectivity index (χ3n) is 2.36. The molecule has 4 heteroatoms. The maximum atomic E-state index is 9.85. The Morgan fingerprint density at radius 1 is 1.65 bits per heavy atom. The fraction of sp³-hybridized carbons (Fsp3) is 0.308. The molecule has 0 amide bonds. The van der Waals surface area contributed by atoms with Gasteiger partial charge in [-0.25, -0.2) is 0 Å². The van der Waals surface area contributed by atoms with Crippen LogP contribution in [0.25, 0.3) is 5.57 Å². The Kier molecular flexibility index (Phi) is 5.04. The van der Waals surface area contributed by atoms with Gasteiger partial charge in [-0.1, -0.05) is 43.7 Å². The molecule has 0 bridgehead atoms. The molecule has 0 saturated heterocycles. The quantitative estimate of drug-likeness (QED) is 0.638. The summed E-state index contributed by atoms with van der Waals surface area (Å²) in [6, 6.07) is 0. The third-order valence-corrected chi connectivity index (χ3v) is 2.63. The van der Waals surface area contributed by atoms with Crippen molar-refractivity contribution in [2.24, 2.45) is 7.05 Å². The molecule has 92 valence electrons. The standard InChI is InChI=1S/C13H17ClN2O/c1-4-6-7-8-10(12(17)5-2)13-11(14)9-15-16(13)3/h5,7-9,17H,2,4,6H2,1,3H3/b8-7+,12-10-. The zero-order chi connectivity index (χ0) is 12.8. The van der Waals surface area contributed by atoms with Crippen LogP contribution in [0.3, 0.4) is 0 Å². The van der Waals surface area contributed by atoms with Crippen LogP contribution in [0.15, 0.2) is 36.8 Å². The highest BCUT2D eigenvalue weighted by molar-refractivity contribution is 6.32. The van der Waals surface area contributed by atoms with E-state index in [1.165, 1.54) is 6.08 Å². The predicted molar refractivity (Wildman–Crippen MR) is 72.0 cm³/mol. The first-order valence-electron chi connectivity index (χ1n) is 5.51. The van der Waals surface area contributed by atoms with Crippen molar-refractivity contribution < 1.29 is 5.11 Å². The number of hydrogen-bond donors (Lipinski definition) is 1. The topological polar surface area (TPSA) is 38.1 Å². The van der Waals surface area contributed by atoms with E-state index in [-0.39, 0.29) is 5.76 Å². The number of allylic oxidation sites excluding steroid dienone is 4. The van der Waals surface area contributed by atoms with Crippen molar-refractivity contribution in [2.45, 2.75) is 19.8 Å². The van der Waals surface area contributed by atoms with Gasteiger partial charge in [0.15, 0.2) is 0 Å². The average Bonchev–Trinajstić information content (AvgIpc) is 2.65. The first kappa shape index (κ1) is 13.6. The second-order valence-corrected chi connectivity index (χ2v) is 4.07. The summed E-state index contributed by atoms with van der Waals surface area (Å²) in [7, 11) is 1.78. The summed E-state index contributed by atoms with van der Waals surface area (Å²) in [4.78, 5) is 0. The summed E-state index contributed by atoms with van der Waals surface area (Å²) in [5.74, 6) is 0.0999. The highest BCUT2D eigenvalue weighted by Crippen LogP contribution is 2.26. The van der Waals surface area contributed by atoms with Gasteiger partial charge in [0, 0.05) is 12.6 Å². The molecule has 0 aliphatic rings. The zero-order valence-electron chi connectivity index (χ0n) is 10.2. The number of rotatable bonds is 5. The summed E-state index contributed by atoms with van der Waals surface area (Å²) >= 11 is 6.06. The summed E-state index contributed by atoms with van der Waals surface area (Å²) < 4.78 is 1.63. The third kappa shape index (κ3) is 3.24. The zero-order valence-corrected chi connectivity index (χ0v) is 10.9. The van der Waals surface area contributed by atoms with Gasteiger partial charge in [0.1, 0.15) is 5.76 Å². The largest absolute Gasteiger partial charge is 0.507 e. The van der Waals surface area contributed by atoms with Gasteiger partial charge in [-0.15, -0.1) is 0 Å². The summed E-state index contributed by atoms with van der Waals surface area (Å²) in [5, 5.41) is 14.4. The fourth-order valence-electron chi connectivity index (χ4n) is 1.48. The molecule has 1 aromatic heterocycles. The molecular weight excluding hydrogens is 236 g/mol. The molecule has 0 aromatic carbocycles. The lowest BCUT2D eigenvalue weighted by atomic mass is 10.1. The molecule has 0 spiro atoms. The van der Waals surface area contributed by atoms with Crippen LogP contribution in [-0.4, -0.2) is 14.9 Å².